The standard InChI is InChI=1S/C10H22NS.Sn/c1-5-11-8-9(3)7-10(4)12-6-2;/h9-11H,4-8H2,1-3H3;/q;+3. The van der Waals surface area contributed by atoms with Gasteiger partial charge in [-0.2, -0.15) is 0 Å². The monoisotopic (exact) mass is 308 g/mol. The molecule has 0 saturated carbocycles. The summed E-state index contributed by atoms with van der Waals surface area (Å²) in [4.78, 5) is 0. The van der Waals surface area contributed by atoms with Crippen LogP contribution in [-0.4, -0.2) is 46.6 Å². The van der Waals surface area contributed by atoms with Crippen LogP contribution < -0.4 is 5.32 Å². The van der Waals surface area contributed by atoms with E-state index in [2.05, 4.69) is 37.8 Å². The van der Waals surface area contributed by atoms with E-state index in [1.54, 1.807) is 22.5 Å². The summed E-state index contributed by atoms with van der Waals surface area (Å²) < 4.78 is 1.40. The molecule has 13 heavy (non-hydrogen) atoms. The maximum atomic E-state index is 3.42. The van der Waals surface area contributed by atoms with Crippen molar-refractivity contribution in [2.45, 2.75) is 36.9 Å². The first-order chi connectivity index (χ1) is 6.24. The minimum atomic E-state index is 0.838. The molecule has 74 valence electrons. The molecule has 0 aromatic carbocycles. The van der Waals surface area contributed by atoms with Gasteiger partial charge in [-0.05, 0) is 0 Å². The fraction of sp³-hybridized carbons (Fsp3) is 1.00. The number of thioether (sulfide) groups is 1. The molecule has 0 aliphatic heterocycles. The first kappa shape index (κ1) is 14.1. The summed E-state index contributed by atoms with van der Waals surface area (Å²) in [5.74, 6) is 2.11. The maximum absolute atomic E-state index is 3.42. The average molecular weight is 307 g/mol. The van der Waals surface area contributed by atoms with Gasteiger partial charge in [0.1, 0.15) is 0 Å². The van der Waals surface area contributed by atoms with Gasteiger partial charge in [0.25, 0.3) is 0 Å². The van der Waals surface area contributed by atoms with Gasteiger partial charge in [0.05, 0.1) is 0 Å². The van der Waals surface area contributed by atoms with Crippen molar-refractivity contribution in [1.29, 1.82) is 0 Å². The molecule has 2 unspecified atom stereocenters. The summed E-state index contributed by atoms with van der Waals surface area (Å²) in [7, 11) is 0. The molecule has 0 amide bonds. The number of hydrogen-bond acceptors (Lipinski definition) is 2. The van der Waals surface area contributed by atoms with Crippen molar-refractivity contribution >= 4 is 34.3 Å². The van der Waals surface area contributed by atoms with Crippen molar-refractivity contribution in [3.05, 3.63) is 0 Å². The number of hydrogen-bond donors (Lipinski definition) is 1. The summed E-state index contributed by atoms with van der Waals surface area (Å²) >= 11 is 3.82. The first-order valence-corrected chi connectivity index (χ1v) is 8.28. The Kier molecular flexibility index (Phi) is 10.5. The second-order valence-corrected chi connectivity index (χ2v) is 6.17. The number of rotatable bonds is 8. The van der Waals surface area contributed by atoms with E-state index in [1.165, 1.54) is 23.2 Å². The zero-order valence-corrected chi connectivity index (χ0v) is 12.8. The Labute approximate surface area is 101 Å². The Bertz CT molecular complexity index is 111. The summed E-state index contributed by atoms with van der Waals surface area (Å²) in [6, 6.07) is 0. The van der Waals surface area contributed by atoms with Gasteiger partial charge in [0.2, 0.25) is 0 Å². The Morgan fingerprint density at radius 2 is 2.08 bits per heavy atom. The summed E-state index contributed by atoms with van der Waals surface area (Å²) in [6.07, 6.45) is 1.39. The quantitative estimate of drug-likeness (QED) is 0.691. The van der Waals surface area contributed by atoms with Crippen molar-refractivity contribution < 1.29 is 0 Å². The predicted molar refractivity (Wildman–Crippen MR) is 64.8 cm³/mol. The van der Waals surface area contributed by atoms with Crippen LogP contribution in [0.2, 0.25) is 4.44 Å². The second-order valence-electron chi connectivity index (χ2n) is 3.43. The van der Waals surface area contributed by atoms with Crippen molar-refractivity contribution in [1.82, 2.24) is 5.32 Å². The second kappa shape index (κ2) is 9.66. The molecule has 0 aliphatic carbocycles. The van der Waals surface area contributed by atoms with E-state index in [1.807, 2.05) is 0 Å². The van der Waals surface area contributed by atoms with E-state index in [-0.39, 0.29) is 0 Å². The molecule has 0 aromatic rings. The summed E-state index contributed by atoms with van der Waals surface area (Å²) in [5.41, 5.74) is 0. The molecule has 2 atom stereocenters. The van der Waals surface area contributed by atoms with Crippen molar-refractivity contribution in [3.63, 3.8) is 0 Å². The van der Waals surface area contributed by atoms with E-state index in [0.717, 1.165) is 17.7 Å². The van der Waals surface area contributed by atoms with Gasteiger partial charge in [-0.25, -0.2) is 0 Å². The Morgan fingerprint density at radius 3 is 2.54 bits per heavy atom. The van der Waals surface area contributed by atoms with Crippen LogP contribution in [0.25, 0.3) is 0 Å². The molecule has 0 aliphatic rings. The summed E-state index contributed by atoms with van der Waals surface area (Å²) in [5, 5.41) is 4.33. The van der Waals surface area contributed by atoms with Gasteiger partial charge in [-0.15, -0.1) is 0 Å². The van der Waals surface area contributed by atoms with E-state index in [0.29, 0.717) is 0 Å². The van der Waals surface area contributed by atoms with Crippen LogP contribution in [0, 0.1) is 5.92 Å². The summed E-state index contributed by atoms with van der Waals surface area (Å²) in [6.45, 7) is 9.09. The molecule has 3 heteroatoms. The molecule has 0 rings (SSSR count). The molecular formula is C10H22NSSn+3. The van der Waals surface area contributed by atoms with Gasteiger partial charge < -0.3 is 0 Å². The third-order valence-electron chi connectivity index (χ3n) is 2.04. The van der Waals surface area contributed by atoms with Gasteiger partial charge in [-0.1, -0.05) is 0 Å². The van der Waals surface area contributed by atoms with E-state index >= 15 is 0 Å². The molecule has 0 radical (unpaired) electrons. The minimum absolute atomic E-state index is 0.838. The van der Waals surface area contributed by atoms with Crippen LogP contribution >= 0.6 is 11.8 Å². The molecule has 0 fully saturated rings. The third kappa shape index (κ3) is 8.13. The topological polar surface area (TPSA) is 12.0 Å². The molecule has 0 saturated heterocycles. The average Bonchev–Trinajstić information content (AvgIpc) is 2.14. The van der Waals surface area contributed by atoms with Crippen LogP contribution in [0.15, 0.2) is 0 Å². The molecule has 1 nitrogen and oxygen atoms in total. The van der Waals surface area contributed by atoms with Crippen LogP contribution in [0.5, 0.6) is 0 Å². The Balaban J connectivity index is 3.53. The van der Waals surface area contributed by atoms with Crippen LogP contribution in [0.3, 0.4) is 0 Å². The van der Waals surface area contributed by atoms with Gasteiger partial charge in [0.15, 0.2) is 0 Å². The molecule has 0 spiro atoms. The number of nitrogens with one attached hydrogen (secondary N) is 1. The third-order valence-corrected chi connectivity index (χ3v) is 5.45. The SMILES string of the molecule is CCNCC(C)CC([CH2][Sn+3])SCC. The predicted octanol–water partition coefficient (Wildman–Crippen LogP) is 2.33. The van der Waals surface area contributed by atoms with Gasteiger partial charge in [-0.3, -0.25) is 0 Å². The van der Waals surface area contributed by atoms with Crippen LogP contribution in [0.1, 0.15) is 27.2 Å². The fourth-order valence-corrected chi connectivity index (χ4v) is 3.91. The van der Waals surface area contributed by atoms with Gasteiger partial charge >= 0.3 is 101 Å². The van der Waals surface area contributed by atoms with E-state index in [4.69, 9.17) is 0 Å². The molecular weight excluding hydrogens is 285 g/mol. The van der Waals surface area contributed by atoms with Gasteiger partial charge in [0, 0.05) is 0 Å². The van der Waals surface area contributed by atoms with Crippen LogP contribution in [-0.2, 0) is 0 Å². The van der Waals surface area contributed by atoms with Crippen molar-refractivity contribution in [3.8, 4) is 0 Å². The van der Waals surface area contributed by atoms with E-state index < -0.39 is 0 Å². The van der Waals surface area contributed by atoms with E-state index in [9.17, 15) is 0 Å². The first-order valence-electron chi connectivity index (χ1n) is 5.21. The normalized spacial score (nSPS) is 15.8. The Hall–Kier alpha value is 1.11. The zero-order valence-electron chi connectivity index (χ0n) is 9.10. The molecule has 0 heterocycles. The fourth-order valence-electron chi connectivity index (χ4n) is 1.37. The van der Waals surface area contributed by atoms with Crippen molar-refractivity contribution in [2.75, 3.05) is 18.8 Å². The zero-order chi connectivity index (χ0) is 10.1. The van der Waals surface area contributed by atoms with Crippen LogP contribution in [0.4, 0.5) is 0 Å². The molecule has 0 aromatic heterocycles. The van der Waals surface area contributed by atoms with Crippen molar-refractivity contribution in [2.24, 2.45) is 5.92 Å². The Morgan fingerprint density at radius 1 is 1.38 bits per heavy atom. The molecule has 0 bridgehead atoms. The molecule has 1 N–H and O–H groups in total.